The molecular formula is C19H15F3N2O3. The van der Waals surface area contributed by atoms with Gasteiger partial charge in [-0.15, -0.1) is 0 Å². The molecule has 1 saturated heterocycles. The van der Waals surface area contributed by atoms with Crippen LogP contribution in [0, 0.1) is 0 Å². The van der Waals surface area contributed by atoms with E-state index in [1.54, 1.807) is 24.3 Å². The minimum atomic E-state index is -4.49. The summed E-state index contributed by atoms with van der Waals surface area (Å²) < 4.78 is 44.3. The number of hydrogen-bond donors (Lipinski definition) is 1. The molecule has 3 amide bonds. The third kappa shape index (κ3) is 2.81. The van der Waals surface area contributed by atoms with Crippen LogP contribution in [0.4, 0.5) is 18.0 Å². The van der Waals surface area contributed by atoms with E-state index in [4.69, 9.17) is 4.74 Å². The van der Waals surface area contributed by atoms with Crippen molar-refractivity contribution in [2.45, 2.75) is 24.7 Å². The van der Waals surface area contributed by atoms with E-state index < -0.39 is 29.2 Å². The van der Waals surface area contributed by atoms with Crippen LogP contribution in [0.3, 0.4) is 0 Å². The van der Waals surface area contributed by atoms with Gasteiger partial charge in [-0.2, -0.15) is 13.2 Å². The lowest BCUT2D eigenvalue weighted by Crippen LogP contribution is -2.47. The van der Waals surface area contributed by atoms with Gasteiger partial charge < -0.3 is 10.1 Å². The van der Waals surface area contributed by atoms with Crippen LogP contribution in [0.5, 0.6) is 5.75 Å². The number of nitrogens with one attached hydrogen (secondary N) is 1. The van der Waals surface area contributed by atoms with Crippen LogP contribution in [-0.2, 0) is 23.1 Å². The fraction of sp³-hybridized carbons (Fsp3) is 0.263. The molecule has 2 aromatic carbocycles. The van der Waals surface area contributed by atoms with Crippen molar-refractivity contribution in [3.63, 3.8) is 0 Å². The highest BCUT2D eigenvalue weighted by Gasteiger charge is 2.54. The smallest absolute Gasteiger partial charge is 0.416 e. The van der Waals surface area contributed by atoms with Crippen LogP contribution < -0.4 is 10.1 Å². The maximum Gasteiger partial charge on any atom is 0.416 e. The van der Waals surface area contributed by atoms with E-state index >= 15 is 0 Å². The van der Waals surface area contributed by atoms with Gasteiger partial charge in [0, 0.05) is 12.0 Å². The molecule has 0 aliphatic carbocycles. The highest BCUT2D eigenvalue weighted by molar-refractivity contribution is 6.07. The standard InChI is InChI=1S/C19H15F3N2O3/c20-19(21,22)13-5-3-4-12(10-13)11-24-16(25)18(23-17(24)26)8-9-27-15-7-2-1-6-14(15)18/h1-7,10H,8-9,11H2,(H,23,26)/t18-/m1/s1. The Morgan fingerprint density at radius 2 is 1.89 bits per heavy atom. The Kier molecular flexibility index (Phi) is 3.87. The summed E-state index contributed by atoms with van der Waals surface area (Å²) in [6.45, 7) is 0.0137. The van der Waals surface area contributed by atoms with E-state index in [2.05, 4.69) is 5.32 Å². The van der Waals surface area contributed by atoms with Gasteiger partial charge in [-0.3, -0.25) is 9.69 Å². The van der Waals surface area contributed by atoms with E-state index in [0.717, 1.165) is 17.0 Å². The van der Waals surface area contributed by atoms with Crippen LogP contribution in [0.15, 0.2) is 48.5 Å². The number of hydrogen-bond acceptors (Lipinski definition) is 3. The van der Waals surface area contributed by atoms with E-state index in [1.165, 1.54) is 12.1 Å². The Morgan fingerprint density at radius 3 is 2.67 bits per heavy atom. The zero-order valence-electron chi connectivity index (χ0n) is 14.0. The van der Waals surface area contributed by atoms with Crippen molar-refractivity contribution in [2.75, 3.05) is 6.61 Å². The summed E-state index contributed by atoms with van der Waals surface area (Å²) in [6, 6.07) is 10.9. The van der Waals surface area contributed by atoms with Crippen LogP contribution >= 0.6 is 0 Å². The van der Waals surface area contributed by atoms with Gasteiger partial charge in [0.05, 0.1) is 18.7 Å². The molecule has 0 saturated carbocycles. The number of rotatable bonds is 2. The Morgan fingerprint density at radius 1 is 1.11 bits per heavy atom. The average molecular weight is 376 g/mol. The van der Waals surface area contributed by atoms with Crippen molar-refractivity contribution < 1.29 is 27.5 Å². The largest absolute Gasteiger partial charge is 0.493 e. The highest BCUT2D eigenvalue weighted by Crippen LogP contribution is 2.41. The summed E-state index contributed by atoms with van der Waals surface area (Å²) in [4.78, 5) is 26.5. The minimum absolute atomic E-state index is 0.228. The van der Waals surface area contributed by atoms with Gasteiger partial charge in [0.15, 0.2) is 5.54 Å². The molecule has 4 rings (SSSR count). The zero-order chi connectivity index (χ0) is 19.2. The maximum absolute atomic E-state index is 13.1. The van der Waals surface area contributed by atoms with Crippen LogP contribution in [-0.4, -0.2) is 23.4 Å². The molecule has 0 bridgehead atoms. The molecule has 2 aliphatic heterocycles. The first-order chi connectivity index (χ1) is 12.8. The first-order valence-electron chi connectivity index (χ1n) is 8.34. The normalized spacial score (nSPS) is 21.8. The molecule has 2 heterocycles. The van der Waals surface area contributed by atoms with E-state index in [0.29, 0.717) is 11.3 Å². The zero-order valence-corrected chi connectivity index (χ0v) is 14.0. The van der Waals surface area contributed by atoms with Gasteiger partial charge in [-0.25, -0.2) is 4.79 Å². The molecule has 0 unspecified atom stereocenters. The molecule has 140 valence electrons. The second kappa shape index (κ2) is 6.00. The van der Waals surface area contributed by atoms with Gasteiger partial charge >= 0.3 is 12.2 Å². The number of nitrogens with zero attached hydrogens (tertiary/aromatic N) is 1. The van der Waals surface area contributed by atoms with Crippen molar-refractivity contribution in [3.05, 3.63) is 65.2 Å². The lowest BCUT2D eigenvalue weighted by Gasteiger charge is -2.33. The van der Waals surface area contributed by atoms with Gasteiger partial charge in [0.25, 0.3) is 5.91 Å². The number of carbonyl (C=O) groups excluding carboxylic acids is 2. The molecule has 0 aromatic heterocycles. The van der Waals surface area contributed by atoms with Crippen molar-refractivity contribution in [1.82, 2.24) is 10.2 Å². The summed E-state index contributed by atoms with van der Waals surface area (Å²) in [5.41, 5.74) is -1.28. The van der Waals surface area contributed by atoms with Crippen molar-refractivity contribution in [3.8, 4) is 5.75 Å². The molecule has 1 fully saturated rings. The van der Waals surface area contributed by atoms with Crippen molar-refractivity contribution >= 4 is 11.9 Å². The number of para-hydroxylation sites is 1. The number of imide groups is 1. The number of urea groups is 1. The van der Waals surface area contributed by atoms with E-state index in [1.807, 2.05) is 0 Å². The van der Waals surface area contributed by atoms with Crippen LogP contribution in [0.25, 0.3) is 0 Å². The average Bonchev–Trinajstić information content (AvgIpc) is 2.87. The molecule has 5 nitrogen and oxygen atoms in total. The van der Waals surface area contributed by atoms with Crippen LogP contribution in [0.2, 0.25) is 0 Å². The summed E-state index contributed by atoms with van der Waals surface area (Å²) >= 11 is 0. The maximum atomic E-state index is 13.1. The topological polar surface area (TPSA) is 58.6 Å². The van der Waals surface area contributed by atoms with E-state index in [-0.39, 0.29) is 25.1 Å². The molecule has 27 heavy (non-hydrogen) atoms. The summed E-state index contributed by atoms with van der Waals surface area (Å²) in [7, 11) is 0. The summed E-state index contributed by atoms with van der Waals surface area (Å²) in [6.07, 6.45) is -4.23. The Hall–Kier alpha value is -3.03. The second-order valence-electron chi connectivity index (χ2n) is 6.52. The predicted molar refractivity (Wildman–Crippen MR) is 88.8 cm³/mol. The Balaban J connectivity index is 1.66. The number of benzene rings is 2. The molecule has 2 aliphatic rings. The molecule has 1 spiro atoms. The lowest BCUT2D eigenvalue weighted by molar-refractivity contribution is -0.137. The predicted octanol–water partition coefficient (Wildman–Crippen LogP) is 3.44. The van der Waals surface area contributed by atoms with Crippen LogP contribution in [0.1, 0.15) is 23.1 Å². The summed E-state index contributed by atoms with van der Waals surface area (Å²) in [5.74, 6) is 0.0268. The molecule has 1 N–H and O–H groups in total. The minimum Gasteiger partial charge on any atom is -0.493 e. The molecule has 0 radical (unpaired) electrons. The number of alkyl halides is 3. The van der Waals surface area contributed by atoms with Gasteiger partial charge in [-0.1, -0.05) is 30.3 Å². The molecule has 8 heteroatoms. The number of ether oxygens (including phenoxy) is 1. The van der Waals surface area contributed by atoms with Crippen molar-refractivity contribution in [1.29, 1.82) is 0 Å². The first-order valence-corrected chi connectivity index (χ1v) is 8.34. The lowest BCUT2D eigenvalue weighted by atomic mass is 9.84. The van der Waals surface area contributed by atoms with Gasteiger partial charge in [0.1, 0.15) is 5.75 Å². The van der Waals surface area contributed by atoms with E-state index in [9.17, 15) is 22.8 Å². The Labute approximate surface area is 152 Å². The molecular weight excluding hydrogens is 361 g/mol. The SMILES string of the molecule is O=C1N[C@@]2(CCOc3ccccc32)C(=O)N1Cc1cccc(C(F)(F)F)c1. The third-order valence-corrected chi connectivity index (χ3v) is 4.85. The number of carbonyl (C=O) groups is 2. The quantitative estimate of drug-likeness (QED) is 0.817. The Bertz CT molecular complexity index is 928. The summed E-state index contributed by atoms with van der Waals surface area (Å²) in [5, 5.41) is 2.73. The first kappa shape index (κ1) is 17.4. The highest BCUT2D eigenvalue weighted by atomic mass is 19.4. The molecule has 1 atom stereocenters. The second-order valence-corrected chi connectivity index (χ2v) is 6.52. The fourth-order valence-electron chi connectivity index (χ4n) is 3.54. The molecule has 2 aromatic rings. The van der Waals surface area contributed by atoms with Crippen molar-refractivity contribution in [2.24, 2.45) is 0 Å². The number of halogens is 3. The monoisotopic (exact) mass is 376 g/mol. The number of fused-ring (bicyclic) bond motifs is 2. The van der Waals surface area contributed by atoms with Gasteiger partial charge in [0.2, 0.25) is 0 Å². The number of amides is 3. The third-order valence-electron chi connectivity index (χ3n) is 4.85. The van der Waals surface area contributed by atoms with Gasteiger partial charge in [-0.05, 0) is 23.8 Å². The fourth-order valence-corrected chi connectivity index (χ4v) is 3.54.